The molecule has 0 saturated carbocycles. The largest absolute Gasteiger partial charge is 0.460 e. The van der Waals surface area contributed by atoms with E-state index >= 15 is 0 Å². The summed E-state index contributed by atoms with van der Waals surface area (Å²) in [5.74, 6) is -0.542. The molecule has 3 rings (SSSR count). The lowest BCUT2D eigenvalue weighted by Crippen LogP contribution is -2.38. The van der Waals surface area contributed by atoms with Gasteiger partial charge in [0.15, 0.2) is 5.76 Å². The Morgan fingerprint density at radius 1 is 1.28 bits per heavy atom. The van der Waals surface area contributed by atoms with Crippen molar-refractivity contribution in [3.05, 3.63) is 64.1 Å². The van der Waals surface area contributed by atoms with Gasteiger partial charge < -0.3 is 14.1 Å². The molecule has 1 aliphatic rings. The summed E-state index contributed by atoms with van der Waals surface area (Å²) in [7, 11) is 0. The number of ether oxygens (including phenoxy) is 1. The highest BCUT2D eigenvalue weighted by Gasteiger charge is 2.31. The maximum atomic E-state index is 12.4. The molecule has 0 radical (unpaired) electrons. The summed E-state index contributed by atoms with van der Waals surface area (Å²) in [5, 5.41) is 10.6. The third-order valence-electron chi connectivity index (χ3n) is 4.09. The molecule has 130 valence electrons. The summed E-state index contributed by atoms with van der Waals surface area (Å²) < 4.78 is 10.4. The molecule has 0 N–H and O–H groups in total. The van der Waals surface area contributed by atoms with Gasteiger partial charge in [0.2, 0.25) is 0 Å². The first-order valence-electron chi connectivity index (χ1n) is 7.82. The lowest BCUT2D eigenvalue weighted by Gasteiger charge is -2.23. The topological polar surface area (TPSA) is 103 Å². The van der Waals surface area contributed by atoms with Gasteiger partial charge in [-0.25, -0.2) is 4.79 Å². The molecule has 0 unspecified atom stereocenters. The van der Waals surface area contributed by atoms with E-state index in [2.05, 4.69) is 0 Å². The van der Waals surface area contributed by atoms with Crippen molar-refractivity contribution in [1.29, 1.82) is 0 Å². The number of carbonyl (C=O) groups excluding carboxylic acids is 2. The van der Waals surface area contributed by atoms with Crippen LogP contribution in [0.25, 0.3) is 0 Å². The Hall–Kier alpha value is -3.16. The Kier molecular flexibility index (Phi) is 4.78. The van der Waals surface area contributed by atoms with E-state index in [1.54, 1.807) is 17.0 Å². The number of hydrogen-bond donors (Lipinski definition) is 0. The van der Waals surface area contributed by atoms with Crippen molar-refractivity contribution in [2.24, 2.45) is 0 Å². The van der Waals surface area contributed by atoms with E-state index in [9.17, 15) is 19.7 Å². The number of nitro benzene ring substituents is 1. The molecule has 1 atom stereocenters. The highest BCUT2D eigenvalue weighted by atomic mass is 16.6. The van der Waals surface area contributed by atoms with Crippen molar-refractivity contribution in [3.8, 4) is 0 Å². The number of benzene rings is 1. The van der Waals surface area contributed by atoms with Crippen LogP contribution < -0.4 is 0 Å². The first kappa shape index (κ1) is 16.7. The summed E-state index contributed by atoms with van der Waals surface area (Å²) >= 11 is 0. The van der Waals surface area contributed by atoms with Gasteiger partial charge in [-0.05, 0) is 37.1 Å². The average molecular weight is 344 g/mol. The zero-order valence-electron chi connectivity index (χ0n) is 13.3. The minimum absolute atomic E-state index is 0.0717. The number of likely N-dealkylation sites (tertiary alicyclic amines) is 1. The zero-order chi connectivity index (χ0) is 17.8. The van der Waals surface area contributed by atoms with E-state index in [-0.39, 0.29) is 35.6 Å². The molecule has 0 spiro atoms. The monoisotopic (exact) mass is 344 g/mol. The van der Waals surface area contributed by atoms with Gasteiger partial charge in [-0.3, -0.25) is 14.9 Å². The number of hydrogen-bond acceptors (Lipinski definition) is 6. The molecule has 8 nitrogen and oxygen atoms in total. The van der Waals surface area contributed by atoms with Gasteiger partial charge in [0.1, 0.15) is 6.61 Å². The Morgan fingerprint density at radius 3 is 2.68 bits per heavy atom. The smallest absolute Gasteiger partial charge is 0.338 e. The first-order valence-corrected chi connectivity index (χ1v) is 7.82. The van der Waals surface area contributed by atoms with Gasteiger partial charge >= 0.3 is 5.97 Å². The van der Waals surface area contributed by atoms with E-state index in [0.29, 0.717) is 6.54 Å². The fraction of sp³-hybridized carbons (Fsp3) is 0.294. The summed E-state index contributed by atoms with van der Waals surface area (Å²) in [6.45, 7) is 0.654. The Morgan fingerprint density at radius 2 is 2.04 bits per heavy atom. The molecule has 1 amide bonds. The van der Waals surface area contributed by atoms with Crippen LogP contribution in [0, 0.1) is 10.1 Å². The molecule has 1 fully saturated rings. The standard InChI is InChI=1S/C17H16N2O6/c20-16(15-4-2-10-24-15)18-9-1-3-14(18)11-25-17(21)12-5-7-13(8-6-12)19(22)23/h2,4-8,10,14H,1,3,9,11H2/t14-/m0/s1. The van der Waals surface area contributed by atoms with Gasteiger partial charge in [-0.15, -0.1) is 0 Å². The number of non-ortho nitro benzene ring substituents is 1. The molecule has 1 aromatic heterocycles. The average Bonchev–Trinajstić information content (AvgIpc) is 3.30. The van der Waals surface area contributed by atoms with Gasteiger partial charge in [-0.1, -0.05) is 0 Å². The molecule has 2 aromatic rings. The SMILES string of the molecule is O=C(OC[C@@H]1CCCN1C(=O)c1ccco1)c1ccc([N+](=O)[O-])cc1. The van der Waals surface area contributed by atoms with Crippen LogP contribution in [0.1, 0.15) is 33.8 Å². The molecule has 1 saturated heterocycles. The van der Waals surface area contributed by atoms with Crippen molar-refractivity contribution >= 4 is 17.6 Å². The van der Waals surface area contributed by atoms with Crippen molar-refractivity contribution in [3.63, 3.8) is 0 Å². The number of nitrogens with zero attached hydrogens (tertiary/aromatic N) is 2. The van der Waals surface area contributed by atoms with Gasteiger partial charge in [-0.2, -0.15) is 0 Å². The number of furan rings is 1. The summed E-state index contributed by atoms with van der Waals surface area (Å²) in [6, 6.07) is 8.23. The quantitative estimate of drug-likeness (QED) is 0.469. The normalized spacial score (nSPS) is 16.6. The van der Waals surface area contributed by atoms with Crippen LogP contribution in [0.5, 0.6) is 0 Å². The van der Waals surface area contributed by atoms with Gasteiger partial charge in [0.25, 0.3) is 11.6 Å². The zero-order valence-corrected chi connectivity index (χ0v) is 13.3. The summed E-state index contributed by atoms with van der Waals surface area (Å²) in [6.07, 6.45) is 3.00. The van der Waals surface area contributed by atoms with E-state index < -0.39 is 10.9 Å². The second-order valence-corrected chi connectivity index (χ2v) is 5.67. The molecule has 0 aliphatic carbocycles. The highest BCUT2D eigenvalue weighted by molar-refractivity contribution is 5.92. The number of esters is 1. The molecule has 1 aromatic carbocycles. The van der Waals surface area contributed by atoms with Crippen LogP contribution in [0.2, 0.25) is 0 Å². The molecule has 25 heavy (non-hydrogen) atoms. The Balaban J connectivity index is 1.59. The van der Waals surface area contributed by atoms with Crippen LogP contribution in [0.4, 0.5) is 5.69 Å². The second kappa shape index (κ2) is 7.16. The number of carbonyl (C=O) groups is 2. The molecule has 0 bridgehead atoms. The van der Waals surface area contributed by atoms with Crippen LogP contribution in [-0.4, -0.2) is 40.9 Å². The van der Waals surface area contributed by atoms with Crippen LogP contribution in [0.3, 0.4) is 0 Å². The van der Waals surface area contributed by atoms with Gasteiger partial charge in [0, 0.05) is 18.7 Å². The number of rotatable bonds is 5. The van der Waals surface area contributed by atoms with Crippen molar-refractivity contribution in [2.75, 3.05) is 13.2 Å². The fourth-order valence-corrected chi connectivity index (χ4v) is 2.79. The predicted octanol–water partition coefficient (Wildman–Crippen LogP) is 2.65. The highest BCUT2D eigenvalue weighted by Crippen LogP contribution is 2.21. The third kappa shape index (κ3) is 3.68. The van der Waals surface area contributed by atoms with Crippen molar-refractivity contribution in [1.82, 2.24) is 4.90 Å². The maximum absolute atomic E-state index is 12.4. The molecule has 8 heteroatoms. The third-order valence-corrected chi connectivity index (χ3v) is 4.09. The number of amides is 1. The number of nitro groups is 1. The first-order chi connectivity index (χ1) is 12.1. The van der Waals surface area contributed by atoms with Gasteiger partial charge in [0.05, 0.1) is 22.8 Å². The fourth-order valence-electron chi connectivity index (χ4n) is 2.79. The molecule has 1 aliphatic heterocycles. The maximum Gasteiger partial charge on any atom is 0.338 e. The van der Waals surface area contributed by atoms with E-state index in [4.69, 9.17) is 9.15 Å². The second-order valence-electron chi connectivity index (χ2n) is 5.67. The van der Waals surface area contributed by atoms with E-state index in [1.165, 1.54) is 30.5 Å². The summed E-state index contributed by atoms with van der Waals surface area (Å²) in [4.78, 5) is 36.2. The van der Waals surface area contributed by atoms with E-state index in [0.717, 1.165) is 12.8 Å². The lowest BCUT2D eigenvalue weighted by atomic mass is 10.2. The van der Waals surface area contributed by atoms with Crippen LogP contribution in [0.15, 0.2) is 47.1 Å². The summed E-state index contributed by atoms with van der Waals surface area (Å²) in [5.41, 5.74) is 0.134. The lowest BCUT2D eigenvalue weighted by molar-refractivity contribution is -0.384. The van der Waals surface area contributed by atoms with Crippen LogP contribution in [-0.2, 0) is 4.74 Å². The minimum Gasteiger partial charge on any atom is -0.460 e. The molecular formula is C17H16N2O6. The van der Waals surface area contributed by atoms with Crippen LogP contribution >= 0.6 is 0 Å². The Bertz CT molecular complexity index is 769. The predicted molar refractivity (Wildman–Crippen MR) is 86.1 cm³/mol. The Labute approximate surface area is 143 Å². The molecular weight excluding hydrogens is 328 g/mol. The molecule has 2 heterocycles. The van der Waals surface area contributed by atoms with Crippen molar-refractivity contribution < 1.29 is 23.7 Å². The minimum atomic E-state index is -0.577. The van der Waals surface area contributed by atoms with Crippen molar-refractivity contribution in [2.45, 2.75) is 18.9 Å². The van der Waals surface area contributed by atoms with E-state index in [1.807, 2.05) is 0 Å².